The number of aromatic nitrogens is 1. The van der Waals surface area contributed by atoms with Gasteiger partial charge in [-0.25, -0.2) is 17.8 Å². The van der Waals surface area contributed by atoms with Crippen LogP contribution in [0.15, 0.2) is 47.5 Å². The molecule has 0 aliphatic heterocycles. The van der Waals surface area contributed by atoms with Gasteiger partial charge < -0.3 is 5.73 Å². The van der Waals surface area contributed by atoms with E-state index in [0.717, 1.165) is 12.1 Å². The Bertz CT molecular complexity index is 659. The van der Waals surface area contributed by atoms with Gasteiger partial charge in [0.25, 0.3) is 10.0 Å². The summed E-state index contributed by atoms with van der Waals surface area (Å²) < 4.78 is 39.2. The standard InChI is InChI=1S/C11H10FN3O2S/c12-8-4-5-9(13)10(7-8)18(16,17)15-11-3-1-2-6-14-11/h1-7H,13H2,(H,14,15). The fourth-order valence-electron chi connectivity index (χ4n) is 1.36. The third kappa shape index (κ3) is 2.57. The van der Waals surface area contributed by atoms with Crippen molar-refractivity contribution in [2.45, 2.75) is 4.90 Å². The number of rotatable bonds is 3. The van der Waals surface area contributed by atoms with E-state index < -0.39 is 15.8 Å². The molecule has 1 aromatic heterocycles. The highest BCUT2D eigenvalue weighted by molar-refractivity contribution is 7.92. The van der Waals surface area contributed by atoms with Gasteiger partial charge in [-0.1, -0.05) is 6.07 Å². The van der Waals surface area contributed by atoms with Gasteiger partial charge in [-0.05, 0) is 30.3 Å². The number of sulfonamides is 1. The van der Waals surface area contributed by atoms with Gasteiger partial charge >= 0.3 is 0 Å². The second kappa shape index (κ2) is 4.61. The fourth-order valence-corrected chi connectivity index (χ4v) is 2.51. The third-order valence-electron chi connectivity index (χ3n) is 2.17. The molecule has 0 radical (unpaired) electrons. The van der Waals surface area contributed by atoms with Crippen LogP contribution in [-0.4, -0.2) is 13.4 Å². The van der Waals surface area contributed by atoms with Gasteiger partial charge in [-0.15, -0.1) is 0 Å². The van der Waals surface area contributed by atoms with Crippen molar-refractivity contribution in [1.29, 1.82) is 0 Å². The Morgan fingerprint density at radius 3 is 2.67 bits per heavy atom. The van der Waals surface area contributed by atoms with Crippen LogP contribution in [-0.2, 0) is 10.0 Å². The van der Waals surface area contributed by atoms with Gasteiger partial charge in [0.05, 0.1) is 5.69 Å². The van der Waals surface area contributed by atoms with Crippen molar-refractivity contribution in [3.8, 4) is 0 Å². The van der Waals surface area contributed by atoms with Crippen molar-refractivity contribution in [3.05, 3.63) is 48.4 Å². The van der Waals surface area contributed by atoms with Crippen molar-refractivity contribution in [3.63, 3.8) is 0 Å². The molecule has 5 nitrogen and oxygen atoms in total. The van der Waals surface area contributed by atoms with Crippen LogP contribution < -0.4 is 10.5 Å². The molecule has 0 spiro atoms. The van der Waals surface area contributed by atoms with E-state index in [-0.39, 0.29) is 16.4 Å². The highest BCUT2D eigenvalue weighted by atomic mass is 32.2. The minimum absolute atomic E-state index is 0.0279. The van der Waals surface area contributed by atoms with E-state index in [0.29, 0.717) is 0 Å². The molecule has 0 fully saturated rings. The Morgan fingerprint density at radius 1 is 1.22 bits per heavy atom. The zero-order valence-corrected chi connectivity index (χ0v) is 9.99. The monoisotopic (exact) mass is 267 g/mol. The molecule has 7 heteroatoms. The quantitative estimate of drug-likeness (QED) is 0.827. The van der Waals surface area contributed by atoms with Crippen molar-refractivity contribution < 1.29 is 12.8 Å². The number of pyridine rings is 1. The molecule has 0 atom stereocenters. The van der Waals surface area contributed by atoms with Gasteiger partial charge in [0, 0.05) is 6.20 Å². The molecule has 94 valence electrons. The second-order valence-electron chi connectivity index (χ2n) is 3.50. The van der Waals surface area contributed by atoms with Crippen molar-refractivity contribution >= 4 is 21.5 Å². The summed E-state index contributed by atoms with van der Waals surface area (Å²) in [5.74, 6) is -0.535. The average molecular weight is 267 g/mol. The molecular formula is C11H10FN3O2S. The van der Waals surface area contributed by atoms with Gasteiger partial charge in [0.15, 0.2) is 0 Å². The Balaban J connectivity index is 2.40. The maximum Gasteiger partial charge on any atom is 0.265 e. The molecular weight excluding hydrogens is 257 g/mol. The number of nitrogens with two attached hydrogens (primary N) is 1. The fraction of sp³-hybridized carbons (Fsp3) is 0. The van der Waals surface area contributed by atoms with Crippen LogP contribution in [0.1, 0.15) is 0 Å². The average Bonchev–Trinajstić information content (AvgIpc) is 2.33. The summed E-state index contributed by atoms with van der Waals surface area (Å²) in [5.41, 5.74) is 5.50. The van der Waals surface area contributed by atoms with Crippen molar-refractivity contribution in [2.24, 2.45) is 0 Å². The van der Waals surface area contributed by atoms with Crippen LogP contribution >= 0.6 is 0 Å². The molecule has 2 aromatic rings. The number of hydrogen-bond donors (Lipinski definition) is 2. The van der Waals surface area contributed by atoms with E-state index in [1.807, 2.05) is 0 Å². The van der Waals surface area contributed by atoms with Crippen LogP contribution in [0.3, 0.4) is 0 Å². The number of halogens is 1. The highest BCUT2D eigenvalue weighted by Crippen LogP contribution is 2.21. The highest BCUT2D eigenvalue weighted by Gasteiger charge is 2.18. The summed E-state index contributed by atoms with van der Waals surface area (Å²) in [5, 5.41) is 0. The summed E-state index contributed by atoms with van der Waals surface area (Å²) in [4.78, 5) is 3.50. The SMILES string of the molecule is Nc1ccc(F)cc1S(=O)(=O)Nc1ccccn1. The maximum atomic E-state index is 13.1. The lowest BCUT2D eigenvalue weighted by molar-refractivity contribution is 0.596. The summed E-state index contributed by atoms with van der Waals surface area (Å²) in [6.07, 6.45) is 1.44. The largest absolute Gasteiger partial charge is 0.398 e. The molecule has 2 rings (SSSR count). The lowest BCUT2D eigenvalue weighted by atomic mass is 10.3. The number of benzene rings is 1. The number of nitrogen functional groups attached to an aromatic ring is 1. The molecule has 0 amide bonds. The number of anilines is 2. The Hall–Kier alpha value is -2.15. The van der Waals surface area contributed by atoms with Gasteiger partial charge in [-0.3, -0.25) is 4.72 Å². The number of hydrogen-bond acceptors (Lipinski definition) is 4. The van der Waals surface area contributed by atoms with Gasteiger partial charge in [0.2, 0.25) is 0 Å². The molecule has 0 aliphatic rings. The molecule has 0 saturated carbocycles. The molecule has 1 aromatic carbocycles. The van der Waals surface area contributed by atoms with Crippen LogP contribution in [0.5, 0.6) is 0 Å². The lowest BCUT2D eigenvalue weighted by Crippen LogP contribution is -2.15. The summed E-state index contributed by atoms with van der Waals surface area (Å²) >= 11 is 0. The van der Waals surface area contributed by atoms with E-state index in [2.05, 4.69) is 9.71 Å². The van der Waals surface area contributed by atoms with Crippen LogP contribution in [0.2, 0.25) is 0 Å². The smallest absolute Gasteiger partial charge is 0.265 e. The first-order chi connectivity index (χ1) is 8.49. The minimum Gasteiger partial charge on any atom is -0.398 e. The summed E-state index contributed by atoms with van der Waals surface area (Å²) in [6.45, 7) is 0. The molecule has 1 heterocycles. The Morgan fingerprint density at radius 2 is 2.00 bits per heavy atom. The molecule has 3 N–H and O–H groups in total. The van der Waals surface area contributed by atoms with Crippen LogP contribution in [0.4, 0.5) is 15.9 Å². The molecule has 0 aliphatic carbocycles. The molecule has 0 saturated heterocycles. The summed E-state index contributed by atoms with van der Waals surface area (Å²) in [7, 11) is -3.94. The zero-order valence-electron chi connectivity index (χ0n) is 9.17. The lowest BCUT2D eigenvalue weighted by Gasteiger charge is -2.09. The predicted octanol–water partition coefficient (Wildman–Crippen LogP) is 1.60. The van der Waals surface area contributed by atoms with E-state index in [1.54, 1.807) is 12.1 Å². The zero-order chi connectivity index (χ0) is 13.2. The minimum atomic E-state index is -3.94. The maximum absolute atomic E-state index is 13.1. The van der Waals surface area contributed by atoms with Crippen LogP contribution in [0, 0.1) is 5.82 Å². The predicted molar refractivity (Wildman–Crippen MR) is 65.9 cm³/mol. The van der Waals surface area contributed by atoms with Crippen molar-refractivity contribution in [2.75, 3.05) is 10.5 Å². The Labute approximate surface area is 104 Å². The number of nitrogens with zero attached hydrogens (tertiary/aromatic N) is 1. The van der Waals surface area contributed by atoms with Crippen molar-refractivity contribution in [1.82, 2.24) is 4.98 Å². The van der Waals surface area contributed by atoms with E-state index in [9.17, 15) is 12.8 Å². The van der Waals surface area contributed by atoms with E-state index in [1.165, 1.54) is 18.3 Å². The van der Waals surface area contributed by atoms with Crippen LogP contribution in [0.25, 0.3) is 0 Å². The van der Waals surface area contributed by atoms with Gasteiger partial charge in [-0.2, -0.15) is 0 Å². The van der Waals surface area contributed by atoms with E-state index in [4.69, 9.17) is 5.73 Å². The third-order valence-corrected chi connectivity index (χ3v) is 3.58. The topological polar surface area (TPSA) is 85.1 Å². The normalized spacial score (nSPS) is 11.2. The first-order valence-corrected chi connectivity index (χ1v) is 6.46. The van der Waals surface area contributed by atoms with Gasteiger partial charge in [0.1, 0.15) is 16.5 Å². The first kappa shape index (κ1) is 12.3. The Kier molecular flexibility index (Phi) is 3.15. The summed E-state index contributed by atoms with van der Waals surface area (Å²) in [6, 6.07) is 7.90. The molecule has 0 bridgehead atoms. The molecule has 18 heavy (non-hydrogen) atoms. The number of nitrogens with one attached hydrogen (secondary N) is 1. The second-order valence-corrected chi connectivity index (χ2v) is 5.15. The van der Waals surface area contributed by atoms with E-state index >= 15 is 0 Å². The first-order valence-electron chi connectivity index (χ1n) is 4.98. The molecule has 0 unspecified atom stereocenters.